The van der Waals surface area contributed by atoms with Crippen LogP contribution in [0.1, 0.15) is 30.0 Å². The summed E-state index contributed by atoms with van der Waals surface area (Å²) in [6.07, 6.45) is 2.51. The average Bonchev–Trinajstić information content (AvgIpc) is 2.87. The number of hydrogen-bond donors (Lipinski definition) is 2. The highest BCUT2D eigenvalue weighted by Gasteiger charge is 2.26. The van der Waals surface area contributed by atoms with Crippen LogP contribution in [0.5, 0.6) is 0 Å². The van der Waals surface area contributed by atoms with Gasteiger partial charge in [0, 0.05) is 5.92 Å². The van der Waals surface area contributed by atoms with Crippen molar-refractivity contribution in [2.75, 3.05) is 5.43 Å². The molecule has 1 saturated carbocycles. The van der Waals surface area contributed by atoms with E-state index in [4.69, 9.17) is 5.84 Å². The van der Waals surface area contributed by atoms with E-state index in [9.17, 15) is 0 Å². The maximum atomic E-state index is 5.21. The van der Waals surface area contributed by atoms with Crippen molar-refractivity contribution in [1.29, 1.82) is 0 Å². The Morgan fingerprint density at radius 1 is 1.50 bits per heavy atom. The average molecular weight is 164 g/mol. The Labute approximate surface area is 71.2 Å². The number of aryl methyl sites for hydroxylation is 1. The summed E-state index contributed by atoms with van der Waals surface area (Å²) in [5, 5.41) is 8.05. The van der Waals surface area contributed by atoms with E-state index in [1.54, 1.807) is 0 Å². The van der Waals surface area contributed by atoms with Crippen molar-refractivity contribution >= 4 is 5.82 Å². The number of hydrazine groups is 1. The fraction of sp³-hybridized carbons (Fsp3) is 0.500. The van der Waals surface area contributed by atoms with Crippen molar-refractivity contribution in [3.05, 3.63) is 17.3 Å². The minimum Gasteiger partial charge on any atom is -0.307 e. The Bertz CT molecular complexity index is 293. The molecule has 1 fully saturated rings. The number of nitrogens with one attached hydrogen (secondary N) is 1. The first-order chi connectivity index (χ1) is 5.81. The highest BCUT2D eigenvalue weighted by molar-refractivity contribution is 5.37. The molecule has 3 N–H and O–H groups in total. The molecule has 4 heteroatoms. The van der Waals surface area contributed by atoms with Gasteiger partial charge in [-0.25, -0.2) is 5.84 Å². The molecule has 0 amide bonds. The largest absolute Gasteiger partial charge is 0.307 e. The van der Waals surface area contributed by atoms with E-state index in [2.05, 4.69) is 15.6 Å². The van der Waals surface area contributed by atoms with Crippen molar-refractivity contribution < 1.29 is 0 Å². The van der Waals surface area contributed by atoms with Gasteiger partial charge in [-0.3, -0.25) is 0 Å². The molecule has 0 bridgehead atoms. The Kier molecular flexibility index (Phi) is 1.69. The van der Waals surface area contributed by atoms with Crippen molar-refractivity contribution in [1.82, 2.24) is 10.2 Å². The number of aromatic nitrogens is 2. The molecular formula is C8H12N4. The molecule has 1 heterocycles. The summed E-state index contributed by atoms with van der Waals surface area (Å²) in [6, 6.07) is 1.93. The van der Waals surface area contributed by atoms with Gasteiger partial charge in [0.15, 0.2) is 5.82 Å². The fourth-order valence-corrected chi connectivity index (χ4v) is 1.33. The van der Waals surface area contributed by atoms with Gasteiger partial charge in [0.2, 0.25) is 0 Å². The Hall–Kier alpha value is -1.16. The van der Waals surface area contributed by atoms with Gasteiger partial charge < -0.3 is 5.43 Å². The molecule has 0 radical (unpaired) electrons. The molecule has 0 atom stereocenters. The standard InChI is InChI=1S/C8H12N4/c1-5-4-7(10-9)11-12-8(5)6-2-3-6/h4,6H,2-3,9H2,1H3,(H,10,11). The predicted octanol–water partition coefficient (Wildman–Crippen LogP) is 0.948. The van der Waals surface area contributed by atoms with E-state index in [1.807, 2.05) is 13.0 Å². The molecule has 1 aromatic rings. The molecule has 0 aliphatic heterocycles. The molecule has 0 saturated heterocycles. The number of hydrogen-bond acceptors (Lipinski definition) is 4. The third-order valence-electron chi connectivity index (χ3n) is 2.13. The van der Waals surface area contributed by atoms with Gasteiger partial charge in [0.1, 0.15) is 0 Å². The van der Waals surface area contributed by atoms with E-state index < -0.39 is 0 Å². The smallest absolute Gasteiger partial charge is 0.162 e. The minimum absolute atomic E-state index is 0.636. The lowest BCUT2D eigenvalue weighted by atomic mass is 10.2. The maximum absolute atomic E-state index is 5.21. The summed E-state index contributed by atoms with van der Waals surface area (Å²) >= 11 is 0. The van der Waals surface area contributed by atoms with Crippen LogP contribution in [0.15, 0.2) is 6.07 Å². The second kappa shape index (κ2) is 2.71. The maximum Gasteiger partial charge on any atom is 0.162 e. The summed E-state index contributed by atoms with van der Waals surface area (Å²) < 4.78 is 0. The summed E-state index contributed by atoms with van der Waals surface area (Å²) in [5.41, 5.74) is 4.80. The first-order valence-corrected chi connectivity index (χ1v) is 4.12. The molecule has 4 nitrogen and oxygen atoms in total. The van der Waals surface area contributed by atoms with E-state index in [0.29, 0.717) is 11.7 Å². The second-order valence-electron chi connectivity index (χ2n) is 3.22. The predicted molar refractivity (Wildman–Crippen MR) is 46.6 cm³/mol. The topological polar surface area (TPSA) is 63.8 Å². The van der Waals surface area contributed by atoms with E-state index in [0.717, 1.165) is 5.69 Å². The first-order valence-electron chi connectivity index (χ1n) is 4.12. The Morgan fingerprint density at radius 2 is 2.25 bits per heavy atom. The lowest BCUT2D eigenvalue weighted by Crippen LogP contribution is -2.10. The SMILES string of the molecule is Cc1cc(NN)nnc1C1CC1. The molecule has 0 unspecified atom stereocenters. The van der Waals surface area contributed by atoms with E-state index >= 15 is 0 Å². The van der Waals surface area contributed by atoms with Crippen molar-refractivity contribution in [2.24, 2.45) is 5.84 Å². The Balaban J connectivity index is 2.32. The van der Waals surface area contributed by atoms with Crippen molar-refractivity contribution in [3.8, 4) is 0 Å². The van der Waals surface area contributed by atoms with Crippen LogP contribution in [-0.4, -0.2) is 10.2 Å². The number of nitrogens with zero attached hydrogens (tertiary/aromatic N) is 2. The molecule has 1 aliphatic rings. The zero-order chi connectivity index (χ0) is 8.55. The van der Waals surface area contributed by atoms with Gasteiger partial charge in [-0.15, -0.1) is 5.10 Å². The first kappa shape index (κ1) is 7.49. The lowest BCUT2D eigenvalue weighted by molar-refractivity contribution is 0.892. The number of rotatable bonds is 2. The van der Waals surface area contributed by atoms with Gasteiger partial charge in [-0.2, -0.15) is 5.10 Å². The minimum atomic E-state index is 0.636. The van der Waals surface area contributed by atoms with Crippen LogP contribution in [-0.2, 0) is 0 Å². The van der Waals surface area contributed by atoms with Gasteiger partial charge >= 0.3 is 0 Å². The molecule has 1 aromatic heterocycles. The summed E-state index contributed by atoms with van der Waals surface area (Å²) in [7, 11) is 0. The normalized spacial score (nSPS) is 16.2. The molecule has 0 aromatic carbocycles. The molecular weight excluding hydrogens is 152 g/mol. The quantitative estimate of drug-likeness (QED) is 0.504. The van der Waals surface area contributed by atoms with Gasteiger partial charge in [-0.05, 0) is 31.4 Å². The lowest BCUT2D eigenvalue weighted by Gasteiger charge is -2.03. The summed E-state index contributed by atoms with van der Waals surface area (Å²) in [5.74, 6) is 6.50. The van der Waals surface area contributed by atoms with Crippen LogP contribution in [0.4, 0.5) is 5.82 Å². The van der Waals surface area contributed by atoms with Gasteiger partial charge in [-0.1, -0.05) is 0 Å². The molecule has 0 spiro atoms. The van der Waals surface area contributed by atoms with Crippen LogP contribution in [0, 0.1) is 6.92 Å². The zero-order valence-electron chi connectivity index (χ0n) is 7.04. The number of nitrogen functional groups attached to an aromatic ring is 1. The zero-order valence-corrected chi connectivity index (χ0v) is 7.04. The summed E-state index contributed by atoms with van der Waals surface area (Å²) in [4.78, 5) is 0. The number of anilines is 1. The molecule has 64 valence electrons. The third kappa shape index (κ3) is 1.25. The third-order valence-corrected chi connectivity index (χ3v) is 2.13. The highest BCUT2D eigenvalue weighted by Crippen LogP contribution is 2.40. The van der Waals surface area contributed by atoms with Gasteiger partial charge in [0.25, 0.3) is 0 Å². The van der Waals surface area contributed by atoms with Crippen LogP contribution in [0.2, 0.25) is 0 Å². The Morgan fingerprint density at radius 3 is 2.75 bits per heavy atom. The molecule has 2 rings (SSSR count). The second-order valence-corrected chi connectivity index (χ2v) is 3.22. The van der Waals surface area contributed by atoms with Gasteiger partial charge in [0.05, 0.1) is 5.69 Å². The fourth-order valence-electron chi connectivity index (χ4n) is 1.33. The van der Waals surface area contributed by atoms with Crippen LogP contribution >= 0.6 is 0 Å². The molecule has 12 heavy (non-hydrogen) atoms. The monoisotopic (exact) mass is 164 g/mol. The van der Waals surface area contributed by atoms with E-state index in [-0.39, 0.29) is 0 Å². The van der Waals surface area contributed by atoms with Crippen molar-refractivity contribution in [3.63, 3.8) is 0 Å². The highest BCUT2D eigenvalue weighted by atomic mass is 15.3. The van der Waals surface area contributed by atoms with Crippen LogP contribution in [0.25, 0.3) is 0 Å². The van der Waals surface area contributed by atoms with Crippen LogP contribution in [0.3, 0.4) is 0 Å². The number of nitrogens with two attached hydrogens (primary N) is 1. The van der Waals surface area contributed by atoms with Crippen molar-refractivity contribution in [2.45, 2.75) is 25.7 Å². The van der Waals surface area contributed by atoms with Crippen LogP contribution < -0.4 is 11.3 Å². The summed E-state index contributed by atoms with van der Waals surface area (Å²) in [6.45, 7) is 2.04. The van der Waals surface area contributed by atoms with E-state index in [1.165, 1.54) is 18.4 Å². The molecule has 1 aliphatic carbocycles.